The number of benzene rings is 2. The topological polar surface area (TPSA) is 101 Å². The van der Waals surface area contributed by atoms with Crippen molar-refractivity contribution in [3.8, 4) is 11.3 Å². The fourth-order valence-corrected chi connectivity index (χ4v) is 3.03. The predicted molar refractivity (Wildman–Crippen MR) is 105 cm³/mol. The molecule has 8 heteroatoms. The van der Waals surface area contributed by atoms with Gasteiger partial charge >= 0.3 is 0 Å². The average molecular weight is 375 g/mol. The fraction of sp³-hybridized carbons (Fsp3) is 0.150. The Labute approximate surface area is 161 Å². The number of nitrogens with zero attached hydrogens (tertiary/aromatic N) is 4. The molecule has 2 aromatic carbocycles. The van der Waals surface area contributed by atoms with Gasteiger partial charge in [-0.1, -0.05) is 30.3 Å². The second-order valence-electron chi connectivity index (χ2n) is 6.52. The summed E-state index contributed by atoms with van der Waals surface area (Å²) in [7, 11) is 0. The minimum Gasteiger partial charge on any atom is -0.355 e. The first-order valence-corrected chi connectivity index (χ1v) is 8.78. The highest BCUT2D eigenvalue weighted by atomic mass is 16.6. The number of hydrogen-bond acceptors (Lipinski definition) is 6. The second kappa shape index (κ2) is 7.43. The molecule has 140 valence electrons. The number of aromatic nitrogens is 2. The second-order valence-corrected chi connectivity index (χ2v) is 6.52. The van der Waals surface area contributed by atoms with Crippen LogP contribution < -0.4 is 10.2 Å². The number of amides is 1. The molecule has 1 N–H and O–H groups in total. The van der Waals surface area contributed by atoms with Crippen molar-refractivity contribution in [3.63, 3.8) is 0 Å². The molecule has 28 heavy (non-hydrogen) atoms. The van der Waals surface area contributed by atoms with Crippen LogP contribution in [0.4, 0.5) is 17.2 Å². The zero-order valence-electron chi connectivity index (χ0n) is 14.9. The first-order valence-electron chi connectivity index (χ1n) is 8.78. The number of carbonyl (C=O) groups is 1. The maximum atomic E-state index is 12.4. The number of non-ortho nitro benzene ring substituents is 1. The van der Waals surface area contributed by atoms with Crippen molar-refractivity contribution in [1.82, 2.24) is 9.97 Å². The predicted octanol–water partition coefficient (Wildman–Crippen LogP) is 3.13. The van der Waals surface area contributed by atoms with E-state index in [1.807, 2.05) is 41.3 Å². The molecule has 0 atom stereocenters. The lowest BCUT2D eigenvalue weighted by atomic mass is 9.99. The van der Waals surface area contributed by atoms with Crippen molar-refractivity contribution in [2.24, 2.45) is 5.92 Å². The molecule has 3 aromatic rings. The molecule has 0 saturated carbocycles. The van der Waals surface area contributed by atoms with Crippen LogP contribution in [0.15, 0.2) is 67.0 Å². The van der Waals surface area contributed by atoms with Gasteiger partial charge in [-0.2, -0.15) is 0 Å². The molecule has 2 heterocycles. The van der Waals surface area contributed by atoms with E-state index in [9.17, 15) is 14.9 Å². The van der Waals surface area contributed by atoms with Crippen LogP contribution in [-0.2, 0) is 4.79 Å². The van der Waals surface area contributed by atoms with E-state index in [1.165, 1.54) is 30.6 Å². The van der Waals surface area contributed by atoms with E-state index < -0.39 is 4.92 Å². The van der Waals surface area contributed by atoms with Crippen LogP contribution in [0.25, 0.3) is 11.3 Å². The van der Waals surface area contributed by atoms with Crippen LogP contribution in [0.3, 0.4) is 0 Å². The zero-order valence-corrected chi connectivity index (χ0v) is 14.9. The van der Waals surface area contributed by atoms with Crippen molar-refractivity contribution >= 4 is 23.1 Å². The van der Waals surface area contributed by atoms with Crippen LogP contribution in [0.1, 0.15) is 0 Å². The van der Waals surface area contributed by atoms with Gasteiger partial charge in [-0.25, -0.2) is 9.97 Å². The summed E-state index contributed by atoms with van der Waals surface area (Å²) in [5.41, 5.74) is 2.39. The van der Waals surface area contributed by atoms with E-state index in [0.29, 0.717) is 18.8 Å². The Morgan fingerprint density at radius 3 is 2.46 bits per heavy atom. The molecule has 1 aliphatic heterocycles. The quantitative estimate of drug-likeness (QED) is 0.543. The van der Waals surface area contributed by atoms with Crippen LogP contribution in [0, 0.1) is 16.0 Å². The van der Waals surface area contributed by atoms with Gasteiger partial charge in [0.15, 0.2) is 0 Å². The maximum absolute atomic E-state index is 12.4. The largest absolute Gasteiger partial charge is 0.355 e. The van der Waals surface area contributed by atoms with E-state index in [4.69, 9.17) is 0 Å². The van der Waals surface area contributed by atoms with Crippen LogP contribution >= 0.6 is 0 Å². The average Bonchev–Trinajstić information content (AvgIpc) is 2.68. The van der Waals surface area contributed by atoms with Crippen molar-refractivity contribution < 1.29 is 9.72 Å². The SMILES string of the molecule is O=C(Nc1ccc([N+](=O)[O-])cc1)C1CN(c2cc(-c3ccccc3)ncn2)C1. The Balaban J connectivity index is 1.36. The third-order valence-electron chi connectivity index (χ3n) is 4.64. The summed E-state index contributed by atoms with van der Waals surface area (Å²) in [5, 5.41) is 13.5. The standard InChI is InChI=1S/C20H17N5O3/c26-20(23-16-6-8-17(9-7-16)25(27)28)15-11-24(12-15)19-10-18(21-13-22-19)14-4-2-1-3-5-14/h1-10,13,15H,11-12H2,(H,23,26). The summed E-state index contributed by atoms with van der Waals surface area (Å²) in [4.78, 5) is 33.2. The molecule has 8 nitrogen and oxygen atoms in total. The van der Waals surface area contributed by atoms with E-state index in [-0.39, 0.29) is 17.5 Å². The van der Waals surface area contributed by atoms with Gasteiger partial charge in [0, 0.05) is 42.5 Å². The highest BCUT2D eigenvalue weighted by Gasteiger charge is 2.33. The molecule has 1 aromatic heterocycles. The molecule has 0 unspecified atom stereocenters. The molecule has 0 radical (unpaired) electrons. The van der Waals surface area contributed by atoms with Gasteiger partial charge in [0.1, 0.15) is 12.1 Å². The minimum atomic E-state index is -0.471. The third-order valence-corrected chi connectivity index (χ3v) is 4.64. The van der Waals surface area contributed by atoms with Crippen LogP contribution in [0.2, 0.25) is 0 Å². The fourth-order valence-electron chi connectivity index (χ4n) is 3.03. The Kier molecular flexibility index (Phi) is 4.67. The summed E-state index contributed by atoms with van der Waals surface area (Å²) >= 11 is 0. The molecule has 1 fully saturated rings. The molecule has 0 bridgehead atoms. The number of anilines is 2. The lowest BCUT2D eigenvalue weighted by molar-refractivity contribution is -0.384. The monoisotopic (exact) mass is 375 g/mol. The van der Waals surface area contributed by atoms with Crippen LogP contribution in [0.5, 0.6) is 0 Å². The van der Waals surface area contributed by atoms with Gasteiger partial charge in [0.25, 0.3) is 5.69 Å². The van der Waals surface area contributed by atoms with E-state index in [1.54, 1.807) is 0 Å². The van der Waals surface area contributed by atoms with Crippen molar-refractivity contribution in [2.75, 3.05) is 23.3 Å². The van der Waals surface area contributed by atoms with Gasteiger partial charge in [-0.15, -0.1) is 0 Å². The van der Waals surface area contributed by atoms with Crippen LogP contribution in [-0.4, -0.2) is 33.9 Å². The lowest BCUT2D eigenvalue weighted by Crippen LogP contribution is -2.52. The zero-order chi connectivity index (χ0) is 19.5. The Morgan fingerprint density at radius 2 is 1.79 bits per heavy atom. The van der Waals surface area contributed by atoms with Crippen molar-refractivity contribution in [1.29, 1.82) is 0 Å². The minimum absolute atomic E-state index is 0.00852. The Hall–Kier alpha value is -3.81. The summed E-state index contributed by atoms with van der Waals surface area (Å²) in [6.45, 7) is 1.12. The highest BCUT2D eigenvalue weighted by molar-refractivity contribution is 5.94. The van der Waals surface area contributed by atoms with E-state index in [2.05, 4.69) is 15.3 Å². The van der Waals surface area contributed by atoms with Gasteiger partial charge in [0.2, 0.25) is 5.91 Å². The van der Waals surface area contributed by atoms with Crippen molar-refractivity contribution in [3.05, 3.63) is 77.1 Å². The highest BCUT2D eigenvalue weighted by Crippen LogP contribution is 2.27. The number of rotatable bonds is 5. The van der Waals surface area contributed by atoms with Gasteiger partial charge in [0.05, 0.1) is 16.5 Å². The number of nitrogens with one attached hydrogen (secondary N) is 1. The normalized spacial score (nSPS) is 13.6. The number of nitro groups is 1. The maximum Gasteiger partial charge on any atom is 0.269 e. The first-order chi connectivity index (χ1) is 13.6. The Morgan fingerprint density at radius 1 is 1.07 bits per heavy atom. The third kappa shape index (κ3) is 3.66. The molecular weight excluding hydrogens is 358 g/mol. The van der Waals surface area contributed by atoms with E-state index in [0.717, 1.165) is 17.1 Å². The lowest BCUT2D eigenvalue weighted by Gasteiger charge is -2.39. The molecule has 1 aliphatic rings. The molecule has 0 aliphatic carbocycles. The van der Waals surface area contributed by atoms with Gasteiger partial charge in [-0.05, 0) is 12.1 Å². The smallest absolute Gasteiger partial charge is 0.269 e. The Bertz CT molecular complexity index is 1000. The number of carbonyl (C=O) groups excluding carboxylic acids is 1. The summed E-state index contributed by atoms with van der Waals surface area (Å²) < 4.78 is 0. The summed E-state index contributed by atoms with van der Waals surface area (Å²) in [5.74, 6) is 0.515. The van der Waals surface area contributed by atoms with Crippen molar-refractivity contribution in [2.45, 2.75) is 0 Å². The molecule has 0 spiro atoms. The number of hydrogen-bond donors (Lipinski definition) is 1. The van der Waals surface area contributed by atoms with Gasteiger partial charge in [-0.3, -0.25) is 14.9 Å². The molecule has 4 rings (SSSR count). The summed E-state index contributed by atoms with van der Waals surface area (Å²) in [6, 6.07) is 17.6. The molecule has 1 saturated heterocycles. The number of nitro benzene ring substituents is 1. The molecular formula is C20H17N5O3. The first kappa shape index (κ1) is 17.6. The van der Waals surface area contributed by atoms with Gasteiger partial charge < -0.3 is 10.2 Å². The van der Waals surface area contributed by atoms with E-state index >= 15 is 0 Å². The molecule has 1 amide bonds. The summed E-state index contributed by atoms with van der Waals surface area (Å²) in [6.07, 6.45) is 1.53.